The normalized spacial score (nSPS) is 14.0. The van der Waals surface area contributed by atoms with Crippen LogP contribution in [0.5, 0.6) is 5.75 Å². The fourth-order valence-electron chi connectivity index (χ4n) is 3.69. The molecular formula is C24H15BrIN3O3. The van der Waals surface area contributed by atoms with E-state index in [1.165, 1.54) is 4.57 Å². The van der Waals surface area contributed by atoms with E-state index < -0.39 is 0 Å². The number of carbonyl (C=O) groups is 1. The van der Waals surface area contributed by atoms with Gasteiger partial charge in [0.1, 0.15) is 11.6 Å². The van der Waals surface area contributed by atoms with Gasteiger partial charge in [0.2, 0.25) is 0 Å². The summed E-state index contributed by atoms with van der Waals surface area (Å²) in [7, 11) is 1.59. The molecule has 4 aromatic rings. The van der Waals surface area contributed by atoms with Crippen molar-refractivity contribution in [3.8, 4) is 11.4 Å². The van der Waals surface area contributed by atoms with Gasteiger partial charge in [-0.2, -0.15) is 0 Å². The zero-order valence-corrected chi connectivity index (χ0v) is 20.5. The maximum Gasteiger partial charge on any atom is 0.266 e. The topological polar surface area (TPSA) is 73.2 Å². The number of hydrogen-bond acceptors (Lipinski definition) is 4. The summed E-state index contributed by atoms with van der Waals surface area (Å²) in [6.45, 7) is 0. The van der Waals surface area contributed by atoms with Crippen molar-refractivity contribution in [3.63, 3.8) is 0 Å². The van der Waals surface area contributed by atoms with Crippen LogP contribution < -0.4 is 15.6 Å². The Balaban J connectivity index is 1.80. The Morgan fingerprint density at radius 3 is 2.59 bits per heavy atom. The smallest absolute Gasteiger partial charge is 0.266 e. The maximum atomic E-state index is 13.6. The predicted molar refractivity (Wildman–Crippen MR) is 137 cm³/mol. The predicted octanol–water partition coefficient (Wildman–Crippen LogP) is 5.25. The Morgan fingerprint density at radius 1 is 1.06 bits per heavy atom. The van der Waals surface area contributed by atoms with Crippen LogP contribution in [-0.4, -0.2) is 22.6 Å². The number of anilines is 1. The van der Waals surface area contributed by atoms with Gasteiger partial charge < -0.3 is 10.1 Å². The van der Waals surface area contributed by atoms with Gasteiger partial charge in [0.15, 0.2) is 0 Å². The quantitative estimate of drug-likeness (QED) is 0.258. The first-order valence-electron chi connectivity index (χ1n) is 9.64. The van der Waals surface area contributed by atoms with Crippen molar-refractivity contribution in [2.75, 3.05) is 12.4 Å². The minimum absolute atomic E-state index is 0.210. The molecule has 0 spiro atoms. The van der Waals surface area contributed by atoms with Crippen molar-refractivity contribution in [2.45, 2.75) is 0 Å². The standard InChI is InChI=1S/C24H15BrIN3O3/c1-32-16-6-4-15(5-7-16)29-22(27-21-9-3-14(26)11-19(21)24(29)31)12-18-17-10-13(25)2-8-20(17)28-23(18)30/h2-12H,1H3,(H,28,30). The molecule has 0 radical (unpaired) electrons. The number of nitrogens with zero attached hydrogens (tertiary/aromatic N) is 2. The molecule has 1 aliphatic heterocycles. The summed E-state index contributed by atoms with van der Waals surface area (Å²) in [6, 6.07) is 18.3. The van der Waals surface area contributed by atoms with E-state index in [0.29, 0.717) is 33.7 Å². The number of aromatic nitrogens is 2. The van der Waals surface area contributed by atoms with Crippen LogP contribution in [0.1, 0.15) is 11.4 Å². The summed E-state index contributed by atoms with van der Waals surface area (Å²) < 4.78 is 8.57. The number of rotatable bonds is 3. The molecule has 8 heteroatoms. The van der Waals surface area contributed by atoms with Gasteiger partial charge in [-0.3, -0.25) is 14.2 Å². The minimum atomic E-state index is -0.240. The zero-order valence-electron chi connectivity index (χ0n) is 16.7. The Kier molecular flexibility index (Phi) is 5.34. The molecule has 2 heterocycles. The second kappa shape index (κ2) is 8.18. The third kappa shape index (κ3) is 3.63. The van der Waals surface area contributed by atoms with E-state index in [-0.39, 0.29) is 11.5 Å². The maximum absolute atomic E-state index is 13.6. The van der Waals surface area contributed by atoms with E-state index in [1.54, 1.807) is 37.5 Å². The number of halogens is 2. The zero-order chi connectivity index (χ0) is 22.4. The van der Waals surface area contributed by atoms with Crippen LogP contribution in [0, 0.1) is 3.57 Å². The van der Waals surface area contributed by atoms with Crippen molar-refractivity contribution in [2.24, 2.45) is 0 Å². The molecule has 158 valence electrons. The van der Waals surface area contributed by atoms with Crippen molar-refractivity contribution in [1.29, 1.82) is 0 Å². The fraction of sp³-hybridized carbons (Fsp3) is 0.0417. The molecular weight excluding hydrogens is 585 g/mol. The van der Waals surface area contributed by atoms with E-state index in [2.05, 4.69) is 43.8 Å². The Bertz CT molecular complexity index is 1490. The third-order valence-electron chi connectivity index (χ3n) is 5.22. The lowest BCUT2D eigenvalue weighted by atomic mass is 10.1. The highest BCUT2D eigenvalue weighted by Gasteiger charge is 2.25. The first-order chi connectivity index (χ1) is 15.4. The van der Waals surface area contributed by atoms with Gasteiger partial charge in [-0.25, -0.2) is 4.98 Å². The molecule has 0 saturated carbocycles. The molecule has 0 aliphatic carbocycles. The van der Waals surface area contributed by atoms with E-state index >= 15 is 0 Å². The van der Waals surface area contributed by atoms with E-state index in [1.807, 2.05) is 36.4 Å². The Morgan fingerprint density at radius 2 is 1.84 bits per heavy atom. The number of hydrogen-bond donors (Lipinski definition) is 1. The molecule has 0 bridgehead atoms. The number of benzene rings is 3. The van der Waals surface area contributed by atoms with Gasteiger partial charge in [0.25, 0.3) is 11.5 Å². The van der Waals surface area contributed by atoms with Gasteiger partial charge in [0.05, 0.1) is 29.3 Å². The van der Waals surface area contributed by atoms with Gasteiger partial charge in [0, 0.05) is 19.3 Å². The SMILES string of the molecule is COc1ccc(-n2c(C=C3C(=O)Nc4ccc(Br)cc43)nc3ccc(I)cc3c2=O)cc1. The highest BCUT2D eigenvalue weighted by molar-refractivity contribution is 14.1. The van der Waals surface area contributed by atoms with Crippen molar-refractivity contribution in [1.82, 2.24) is 9.55 Å². The fourth-order valence-corrected chi connectivity index (χ4v) is 4.54. The van der Waals surface area contributed by atoms with Crippen LogP contribution in [0.25, 0.3) is 28.2 Å². The number of methoxy groups -OCH3 is 1. The summed E-state index contributed by atoms with van der Waals surface area (Å²) >= 11 is 5.64. The second-order valence-corrected chi connectivity index (χ2v) is 9.33. The van der Waals surface area contributed by atoms with Gasteiger partial charge in [-0.15, -0.1) is 0 Å². The number of nitrogens with one attached hydrogen (secondary N) is 1. The Labute approximate surface area is 205 Å². The molecule has 1 aliphatic rings. The average molecular weight is 600 g/mol. The number of fused-ring (bicyclic) bond motifs is 2. The third-order valence-corrected chi connectivity index (χ3v) is 6.39. The summed E-state index contributed by atoms with van der Waals surface area (Å²) in [5.74, 6) is 0.808. The highest BCUT2D eigenvalue weighted by atomic mass is 127. The summed E-state index contributed by atoms with van der Waals surface area (Å²) in [5.41, 5.74) is 2.91. The minimum Gasteiger partial charge on any atom is -0.497 e. The highest BCUT2D eigenvalue weighted by Crippen LogP contribution is 2.35. The largest absolute Gasteiger partial charge is 0.497 e. The molecule has 1 aromatic heterocycles. The van der Waals surface area contributed by atoms with Crippen LogP contribution >= 0.6 is 38.5 Å². The lowest BCUT2D eigenvalue weighted by molar-refractivity contribution is -0.110. The monoisotopic (exact) mass is 599 g/mol. The molecule has 1 N–H and O–H groups in total. The molecule has 1 amide bonds. The lowest BCUT2D eigenvalue weighted by Crippen LogP contribution is -2.22. The van der Waals surface area contributed by atoms with Crippen LogP contribution in [0.2, 0.25) is 0 Å². The molecule has 0 unspecified atom stereocenters. The molecule has 6 nitrogen and oxygen atoms in total. The first-order valence-corrected chi connectivity index (χ1v) is 11.5. The molecule has 3 aromatic carbocycles. The number of ether oxygens (including phenoxy) is 1. The van der Waals surface area contributed by atoms with Gasteiger partial charge in [-0.1, -0.05) is 15.9 Å². The van der Waals surface area contributed by atoms with Crippen LogP contribution in [0.15, 0.2) is 69.9 Å². The van der Waals surface area contributed by atoms with E-state index in [9.17, 15) is 9.59 Å². The Hall–Kier alpha value is -2.98. The average Bonchev–Trinajstić information content (AvgIpc) is 3.09. The molecule has 32 heavy (non-hydrogen) atoms. The summed E-state index contributed by atoms with van der Waals surface area (Å²) in [5, 5.41) is 3.38. The van der Waals surface area contributed by atoms with E-state index in [0.717, 1.165) is 19.3 Å². The number of carbonyl (C=O) groups excluding carboxylic acids is 1. The van der Waals surface area contributed by atoms with Crippen molar-refractivity contribution in [3.05, 3.63) is 90.4 Å². The van der Waals surface area contributed by atoms with Crippen LogP contribution in [-0.2, 0) is 4.79 Å². The van der Waals surface area contributed by atoms with Crippen LogP contribution in [0.4, 0.5) is 5.69 Å². The van der Waals surface area contributed by atoms with Crippen molar-refractivity contribution >= 4 is 72.7 Å². The summed E-state index contributed by atoms with van der Waals surface area (Å²) in [4.78, 5) is 31.1. The van der Waals surface area contributed by atoms with Crippen LogP contribution in [0.3, 0.4) is 0 Å². The second-order valence-electron chi connectivity index (χ2n) is 7.17. The lowest BCUT2D eigenvalue weighted by Gasteiger charge is -2.13. The molecule has 0 saturated heterocycles. The first kappa shape index (κ1) is 20.9. The van der Waals surface area contributed by atoms with E-state index in [4.69, 9.17) is 9.72 Å². The van der Waals surface area contributed by atoms with Gasteiger partial charge >= 0.3 is 0 Å². The molecule has 0 fully saturated rings. The molecule has 0 atom stereocenters. The molecule has 5 rings (SSSR count). The van der Waals surface area contributed by atoms with Crippen molar-refractivity contribution < 1.29 is 9.53 Å². The van der Waals surface area contributed by atoms with Gasteiger partial charge in [-0.05, 0) is 89.3 Å². The summed E-state index contributed by atoms with van der Waals surface area (Å²) in [6.07, 6.45) is 1.66. The number of amides is 1.